The Labute approximate surface area is 167 Å². The molecule has 0 saturated heterocycles. The lowest BCUT2D eigenvalue weighted by atomic mass is 9.99. The van der Waals surface area contributed by atoms with E-state index in [1.165, 1.54) is 16.7 Å². The van der Waals surface area contributed by atoms with Gasteiger partial charge < -0.3 is 9.84 Å². The molecule has 0 aliphatic heterocycles. The van der Waals surface area contributed by atoms with Crippen molar-refractivity contribution in [2.45, 2.75) is 65.9 Å². The fourth-order valence-electron chi connectivity index (χ4n) is 2.31. The first-order chi connectivity index (χ1) is 12.7. The molecule has 2 heteroatoms. The third-order valence-corrected chi connectivity index (χ3v) is 4.15. The first-order valence-corrected chi connectivity index (χ1v) is 9.65. The number of rotatable bonds is 9. The molecule has 0 fully saturated rings. The summed E-state index contributed by atoms with van der Waals surface area (Å²) in [5.41, 5.74) is 3.25. The molecule has 0 radical (unpaired) electrons. The second-order valence-electron chi connectivity index (χ2n) is 7.24. The van der Waals surface area contributed by atoms with Crippen molar-refractivity contribution in [3.05, 3.63) is 71.9 Å². The highest BCUT2D eigenvalue weighted by molar-refractivity contribution is 5.50. The first-order valence-electron chi connectivity index (χ1n) is 9.65. The summed E-state index contributed by atoms with van der Waals surface area (Å²) < 4.78 is 5.02. The maximum Gasteiger partial charge on any atom is 0.118 e. The summed E-state index contributed by atoms with van der Waals surface area (Å²) in [5, 5.41) is 9.73. The van der Waals surface area contributed by atoms with E-state index in [-0.39, 0.29) is 0 Å². The van der Waals surface area contributed by atoms with Gasteiger partial charge in [0.25, 0.3) is 0 Å². The van der Waals surface area contributed by atoms with Crippen molar-refractivity contribution in [3.63, 3.8) is 0 Å². The number of allylic oxidation sites excluding steroid dienone is 5. The molecule has 0 bridgehead atoms. The fourth-order valence-corrected chi connectivity index (χ4v) is 2.31. The van der Waals surface area contributed by atoms with Crippen LogP contribution in [0.25, 0.3) is 6.08 Å². The highest BCUT2D eigenvalue weighted by Gasteiger charge is 2.13. The molecular weight excluding hydrogens is 332 g/mol. The number of methoxy groups -OCH3 is 1. The largest absolute Gasteiger partial charge is 0.497 e. The molecule has 0 saturated carbocycles. The molecule has 1 rings (SSSR count). The first kappa shape index (κ1) is 24.9. The van der Waals surface area contributed by atoms with Gasteiger partial charge in [0.1, 0.15) is 5.75 Å². The third-order valence-electron chi connectivity index (χ3n) is 4.15. The molecule has 1 atom stereocenters. The Morgan fingerprint density at radius 1 is 1.11 bits per heavy atom. The van der Waals surface area contributed by atoms with Crippen molar-refractivity contribution >= 4 is 6.08 Å². The van der Waals surface area contributed by atoms with E-state index in [9.17, 15) is 5.11 Å². The smallest absolute Gasteiger partial charge is 0.118 e. The van der Waals surface area contributed by atoms with Gasteiger partial charge in [-0.3, -0.25) is 0 Å². The molecule has 27 heavy (non-hydrogen) atoms. The summed E-state index contributed by atoms with van der Waals surface area (Å²) >= 11 is 0. The molecular formula is C25H38O2. The van der Waals surface area contributed by atoms with E-state index in [2.05, 4.69) is 45.6 Å². The normalized spacial score (nSPS) is 13.4. The maximum absolute atomic E-state index is 9.73. The minimum Gasteiger partial charge on any atom is -0.497 e. The predicted molar refractivity (Wildman–Crippen MR) is 120 cm³/mol. The molecule has 1 unspecified atom stereocenters. The Morgan fingerprint density at radius 2 is 1.74 bits per heavy atom. The van der Waals surface area contributed by atoms with Gasteiger partial charge in [0.2, 0.25) is 0 Å². The topological polar surface area (TPSA) is 29.5 Å². The SMILES string of the molecule is C/C=C/c1ccc(OC)cc1.C=CC(C)(O)CCC=C(C)CCC=C(C)C. The second-order valence-corrected chi connectivity index (χ2v) is 7.24. The molecule has 0 aliphatic carbocycles. The highest BCUT2D eigenvalue weighted by Crippen LogP contribution is 2.15. The van der Waals surface area contributed by atoms with Crippen LogP contribution in [-0.4, -0.2) is 17.8 Å². The van der Waals surface area contributed by atoms with Crippen molar-refractivity contribution in [2.24, 2.45) is 0 Å². The average Bonchev–Trinajstić information content (AvgIpc) is 2.63. The van der Waals surface area contributed by atoms with E-state index in [1.807, 2.05) is 37.3 Å². The van der Waals surface area contributed by atoms with E-state index >= 15 is 0 Å². The molecule has 1 N–H and O–H groups in total. The average molecular weight is 371 g/mol. The summed E-state index contributed by atoms with van der Waals surface area (Å²) in [6, 6.07) is 7.96. The number of aliphatic hydroxyl groups is 1. The monoisotopic (exact) mass is 370 g/mol. The maximum atomic E-state index is 9.73. The fraction of sp³-hybridized carbons (Fsp3) is 0.440. The van der Waals surface area contributed by atoms with Crippen LogP contribution in [0.4, 0.5) is 0 Å². The van der Waals surface area contributed by atoms with E-state index in [4.69, 9.17) is 4.74 Å². The van der Waals surface area contributed by atoms with Gasteiger partial charge in [0.15, 0.2) is 0 Å². The Bertz CT molecular complexity index is 612. The van der Waals surface area contributed by atoms with Gasteiger partial charge in [-0.05, 0) is 78.0 Å². The van der Waals surface area contributed by atoms with E-state index in [1.54, 1.807) is 20.1 Å². The van der Waals surface area contributed by atoms with Gasteiger partial charge in [0, 0.05) is 0 Å². The van der Waals surface area contributed by atoms with Crippen LogP contribution in [0.3, 0.4) is 0 Å². The zero-order valence-corrected chi connectivity index (χ0v) is 18.1. The van der Waals surface area contributed by atoms with Crippen LogP contribution in [0, 0.1) is 0 Å². The Kier molecular flexibility index (Phi) is 13.0. The van der Waals surface area contributed by atoms with Crippen LogP contribution in [0.1, 0.15) is 65.9 Å². The molecule has 1 aromatic rings. The number of benzene rings is 1. The van der Waals surface area contributed by atoms with Crippen LogP contribution in [0.2, 0.25) is 0 Å². The van der Waals surface area contributed by atoms with Gasteiger partial charge in [-0.1, -0.05) is 53.7 Å². The van der Waals surface area contributed by atoms with Crippen LogP contribution in [-0.2, 0) is 0 Å². The molecule has 1 aromatic carbocycles. The molecule has 0 aromatic heterocycles. The van der Waals surface area contributed by atoms with Crippen molar-refractivity contribution in [3.8, 4) is 5.75 Å². The second kappa shape index (κ2) is 14.1. The number of hydrogen-bond donors (Lipinski definition) is 1. The van der Waals surface area contributed by atoms with Gasteiger partial charge in [-0.2, -0.15) is 0 Å². The molecule has 0 aliphatic rings. The molecule has 0 spiro atoms. The van der Waals surface area contributed by atoms with Gasteiger partial charge >= 0.3 is 0 Å². The number of ether oxygens (including phenoxy) is 1. The van der Waals surface area contributed by atoms with Crippen LogP contribution in [0.5, 0.6) is 5.75 Å². The van der Waals surface area contributed by atoms with Crippen molar-refractivity contribution in [2.75, 3.05) is 7.11 Å². The lowest BCUT2D eigenvalue weighted by molar-refractivity contribution is 0.103. The molecule has 2 nitrogen and oxygen atoms in total. The van der Waals surface area contributed by atoms with Crippen LogP contribution in [0.15, 0.2) is 66.3 Å². The van der Waals surface area contributed by atoms with Crippen molar-refractivity contribution in [1.82, 2.24) is 0 Å². The van der Waals surface area contributed by atoms with Gasteiger partial charge in [0.05, 0.1) is 12.7 Å². The minimum atomic E-state index is -0.726. The Morgan fingerprint density at radius 3 is 2.22 bits per heavy atom. The lowest BCUT2D eigenvalue weighted by Crippen LogP contribution is -2.19. The summed E-state index contributed by atoms with van der Waals surface area (Å²) in [7, 11) is 1.67. The van der Waals surface area contributed by atoms with E-state index < -0.39 is 5.60 Å². The highest BCUT2D eigenvalue weighted by atomic mass is 16.5. The number of hydrogen-bond acceptors (Lipinski definition) is 2. The summed E-state index contributed by atoms with van der Waals surface area (Å²) in [4.78, 5) is 0. The minimum absolute atomic E-state index is 0.726. The molecule has 0 amide bonds. The van der Waals surface area contributed by atoms with Crippen LogP contribution < -0.4 is 4.74 Å². The van der Waals surface area contributed by atoms with Gasteiger partial charge in [-0.25, -0.2) is 0 Å². The quantitative estimate of drug-likeness (QED) is 0.469. The Hall–Kier alpha value is -2.06. The zero-order chi connectivity index (χ0) is 20.7. The lowest BCUT2D eigenvalue weighted by Gasteiger charge is -2.16. The zero-order valence-electron chi connectivity index (χ0n) is 18.1. The molecule has 0 heterocycles. The van der Waals surface area contributed by atoms with Gasteiger partial charge in [-0.15, -0.1) is 6.58 Å². The van der Waals surface area contributed by atoms with Crippen molar-refractivity contribution < 1.29 is 9.84 Å². The summed E-state index contributed by atoms with van der Waals surface area (Å²) in [5.74, 6) is 0.901. The molecule has 150 valence electrons. The van der Waals surface area contributed by atoms with Crippen molar-refractivity contribution in [1.29, 1.82) is 0 Å². The standard InChI is InChI=1S/C15H26O.C10H12O/c1-6-15(5,16)12-8-11-14(4)10-7-9-13(2)3;1-3-4-9-5-7-10(11-2)8-6-9/h6,9,11,16H,1,7-8,10,12H2,2-5H3;3-8H,1-2H3/b;4-3+. The van der Waals surface area contributed by atoms with Crippen LogP contribution >= 0.6 is 0 Å². The summed E-state index contributed by atoms with van der Waals surface area (Å²) in [6.45, 7) is 13.8. The summed E-state index contributed by atoms with van der Waals surface area (Å²) in [6.07, 6.45) is 14.1. The van der Waals surface area contributed by atoms with E-state index in [0.717, 1.165) is 31.4 Å². The Balaban J connectivity index is 0.000000533. The van der Waals surface area contributed by atoms with E-state index in [0.29, 0.717) is 0 Å². The third kappa shape index (κ3) is 13.8. The predicted octanol–water partition coefficient (Wildman–Crippen LogP) is 7.12.